The number of rotatable bonds is 5. The average molecular weight is 490 g/mol. The van der Waals surface area contributed by atoms with Gasteiger partial charge in [-0.2, -0.15) is 13.2 Å². The smallest absolute Gasteiger partial charge is 0.377 e. The quantitative estimate of drug-likeness (QED) is 0.392. The van der Waals surface area contributed by atoms with E-state index in [1.165, 1.54) is 31.4 Å². The highest BCUT2D eigenvalue weighted by molar-refractivity contribution is 5.51. The van der Waals surface area contributed by atoms with Gasteiger partial charge in [-0.3, -0.25) is 4.98 Å². The number of hydrogen-bond donors (Lipinski definition) is 0. The van der Waals surface area contributed by atoms with Crippen molar-refractivity contribution in [2.75, 3.05) is 7.11 Å². The number of nitrogens with zero attached hydrogens (tertiary/aromatic N) is 1. The second-order valence-corrected chi connectivity index (χ2v) is 11.3. The van der Waals surface area contributed by atoms with Crippen molar-refractivity contribution in [2.45, 2.75) is 102 Å². The molecule has 2 atom stereocenters. The van der Waals surface area contributed by atoms with Crippen molar-refractivity contribution in [3.8, 4) is 0 Å². The van der Waals surface area contributed by atoms with E-state index in [1.54, 1.807) is 7.11 Å². The summed E-state index contributed by atoms with van der Waals surface area (Å²) in [5.41, 5.74) is 4.25. The molecule has 1 spiro atoms. The summed E-state index contributed by atoms with van der Waals surface area (Å²) >= 11 is 0. The topological polar surface area (TPSA) is 22.1 Å². The van der Waals surface area contributed by atoms with Crippen molar-refractivity contribution in [3.63, 3.8) is 0 Å². The molecule has 0 saturated heterocycles. The third-order valence-corrected chi connectivity index (χ3v) is 8.70. The summed E-state index contributed by atoms with van der Waals surface area (Å²) in [5.74, 6) is 0.239. The minimum Gasteiger partial charge on any atom is -0.377 e. The van der Waals surface area contributed by atoms with Crippen LogP contribution in [0.15, 0.2) is 24.3 Å². The standard InChI is InChI=1S/C29H35F4NO/c1-17(2)27-25(26(30)19-9-11-20(12-10-19)29(31,32)33)23(18-7-4-5-8-18)24-21(34-27)15-28(13-6-14-28)16-22(24)35-3/h9-12,17-18,22,26H,4-8,13-16H2,1-3H3/t22-,26-/m0/s1. The molecule has 1 aromatic carbocycles. The van der Waals surface area contributed by atoms with Gasteiger partial charge in [0.15, 0.2) is 6.17 Å². The first-order chi connectivity index (χ1) is 16.6. The Morgan fingerprint density at radius 1 is 1.00 bits per heavy atom. The molecule has 0 aliphatic heterocycles. The van der Waals surface area contributed by atoms with Crippen LogP contribution in [0.3, 0.4) is 0 Å². The fourth-order valence-electron chi connectivity index (χ4n) is 6.75. The maximum Gasteiger partial charge on any atom is 0.416 e. The summed E-state index contributed by atoms with van der Waals surface area (Å²) in [6.45, 7) is 4.07. The lowest BCUT2D eigenvalue weighted by Crippen LogP contribution is -2.39. The van der Waals surface area contributed by atoms with Gasteiger partial charge in [0.25, 0.3) is 0 Å². The first kappa shape index (κ1) is 24.7. The maximum absolute atomic E-state index is 16.5. The predicted molar refractivity (Wildman–Crippen MR) is 128 cm³/mol. The molecule has 2 saturated carbocycles. The molecule has 2 nitrogen and oxygen atoms in total. The van der Waals surface area contributed by atoms with E-state index in [0.717, 1.165) is 73.2 Å². The molecule has 0 bridgehead atoms. The van der Waals surface area contributed by atoms with Gasteiger partial charge in [0.05, 0.1) is 11.7 Å². The zero-order valence-electron chi connectivity index (χ0n) is 20.9. The van der Waals surface area contributed by atoms with Crippen molar-refractivity contribution < 1.29 is 22.3 Å². The summed E-state index contributed by atoms with van der Waals surface area (Å²) < 4.78 is 61.9. The van der Waals surface area contributed by atoms with Crippen molar-refractivity contribution in [2.24, 2.45) is 5.41 Å². The zero-order chi connectivity index (χ0) is 25.0. The van der Waals surface area contributed by atoms with Crippen LogP contribution in [0.1, 0.15) is 129 Å². The number of halogens is 4. The van der Waals surface area contributed by atoms with Crippen molar-refractivity contribution >= 4 is 0 Å². The summed E-state index contributed by atoms with van der Waals surface area (Å²) in [5, 5.41) is 0. The second kappa shape index (κ2) is 9.17. The van der Waals surface area contributed by atoms with Crippen LogP contribution < -0.4 is 0 Å². The number of pyridine rings is 1. The molecule has 5 rings (SSSR count). The number of hydrogen-bond acceptors (Lipinski definition) is 2. The Kier molecular flexibility index (Phi) is 6.48. The number of alkyl halides is 4. The molecular formula is C29H35F4NO. The van der Waals surface area contributed by atoms with Gasteiger partial charge < -0.3 is 4.74 Å². The lowest BCUT2D eigenvalue weighted by molar-refractivity contribution is -0.137. The van der Waals surface area contributed by atoms with E-state index < -0.39 is 17.9 Å². The largest absolute Gasteiger partial charge is 0.416 e. The lowest BCUT2D eigenvalue weighted by Gasteiger charge is -2.48. The van der Waals surface area contributed by atoms with Crippen molar-refractivity contribution in [1.29, 1.82) is 0 Å². The molecule has 0 radical (unpaired) electrons. The van der Waals surface area contributed by atoms with Crippen LogP contribution in [0.2, 0.25) is 0 Å². The zero-order valence-corrected chi connectivity index (χ0v) is 20.9. The maximum atomic E-state index is 16.5. The molecule has 6 heteroatoms. The summed E-state index contributed by atoms with van der Waals surface area (Å²) in [6, 6.07) is 4.53. The molecule has 1 aromatic heterocycles. The third-order valence-electron chi connectivity index (χ3n) is 8.70. The van der Waals surface area contributed by atoms with E-state index in [0.29, 0.717) is 5.56 Å². The molecule has 0 N–H and O–H groups in total. The number of fused-ring (bicyclic) bond motifs is 1. The fraction of sp³-hybridized carbons (Fsp3) is 0.621. The van der Waals surface area contributed by atoms with Gasteiger partial charge >= 0.3 is 6.18 Å². The Hall–Kier alpha value is -1.95. The first-order valence-electron chi connectivity index (χ1n) is 13.0. The summed E-state index contributed by atoms with van der Waals surface area (Å²) in [7, 11) is 1.74. The molecule has 0 unspecified atom stereocenters. The molecule has 1 heterocycles. The van der Waals surface area contributed by atoms with Gasteiger partial charge in [0.1, 0.15) is 0 Å². The van der Waals surface area contributed by atoms with Gasteiger partial charge in [-0.05, 0) is 79.0 Å². The van der Waals surface area contributed by atoms with E-state index in [9.17, 15) is 13.2 Å². The summed E-state index contributed by atoms with van der Waals surface area (Å²) in [4.78, 5) is 5.12. The van der Waals surface area contributed by atoms with Crippen LogP contribution >= 0.6 is 0 Å². The number of methoxy groups -OCH3 is 1. The minimum absolute atomic E-state index is 0.00316. The van der Waals surface area contributed by atoms with E-state index in [4.69, 9.17) is 9.72 Å². The van der Waals surface area contributed by atoms with E-state index in [-0.39, 0.29) is 28.9 Å². The normalized spacial score (nSPS) is 22.9. The lowest BCUT2D eigenvalue weighted by atomic mass is 9.59. The van der Waals surface area contributed by atoms with Crippen LogP contribution in [0.5, 0.6) is 0 Å². The molecule has 3 aliphatic carbocycles. The highest BCUT2D eigenvalue weighted by atomic mass is 19.4. The summed E-state index contributed by atoms with van der Waals surface area (Å²) in [6.07, 6.45) is 3.59. The molecule has 3 aliphatic rings. The van der Waals surface area contributed by atoms with Crippen molar-refractivity contribution in [1.82, 2.24) is 4.98 Å². The van der Waals surface area contributed by atoms with Gasteiger partial charge in [-0.15, -0.1) is 0 Å². The number of aromatic nitrogens is 1. The molecule has 2 aromatic rings. The Bertz CT molecular complexity index is 1070. The molecule has 35 heavy (non-hydrogen) atoms. The van der Waals surface area contributed by atoms with Gasteiger partial charge in [-0.1, -0.05) is 45.2 Å². The Morgan fingerprint density at radius 3 is 2.17 bits per heavy atom. The Labute approximate surface area is 205 Å². The van der Waals surface area contributed by atoms with Gasteiger partial charge in [-0.25, -0.2) is 4.39 Å². The highest BCUT2D eigenvalue weighted by Crippen LogP contribution is 2.57. The van der Waals surface area contributed by atoms with Crippen LogP contribution in [-0.4, -0.2) is 12.1 Å². The monoisotopic (exact) mass is 489 g/mol. The van der Waals surface area contributed by atoms with Crippen LogP contribution in [0.4, 0.5) is 17.6 Å². The Morgan fingerprint density at radius 2 is 1.66 bits per heavy atom. The van der Waals surface area contributed by atoms with Crippen LogP contribution in [-0.2, 0) is 17.3 Å². The molecule has 2 fully saturated rings. The number of benzene rings is 1. The SMILES string of the molecule is CO[C@H]1CC2(CCC2)Cc2nc(C(C)C)c([C@@H](F)c3ccc(C(F)(F)F)cc3)c(C3CCCC3)c21. The van der Waals surface area contributed by atoms with Crippen molar-refractivity contribution in [3.05, 3.63) is 63.5 Å². The highest BCUT2D eigenvalue weighted by Gasteiger charge is 2.47. The number of ether oxygens (including phenoxy) is 1. The predicted octanol–water partition coefficient (Wildman–Crippen LogP) is 8.74. The first-order valence-corrected chi connectivity index (χ1v) is 13.0. The second-order valence-electron chi connectivity index (χ2n) is 11.3. The molecule has 0 amide bonds. The van der Waals surface area contributed by atoms with E-state index in [1.807, 2.05) is 13.8 Å². The minimum atomic E-state index is -4.45. The molecule has 190 valence electrons. The third kappa shape index (κ3) is 4.41. The van der Waals surface area contributed by atoms with E-state index >= 15 is 4.39 Å². The van der Waals surface area contributed by atoms with Crippen LogP contribution in [0.25, 0.3) is 0 Å². The fourth-order valence-corrected chi connectivity index (χ4v) is 6.75. The van der Waals surface area contributed by atoms with Crippen LogP contribution in [0, 0.1) is 5.41 Å². The van der Waals surface area contributed by atoms with Gasteiger partial charge in [0, 0.05) is 29.6 Å². The Balaban J connectivity index is 1.69. The average Bonchev–Trinajstić information content (AvgIpc) is 3.34. The molecular weight excluding hydrogens is 454 g/mol. The van der Waals surface area contributed by atoms with Gasteiger partial charge in [0.2, 0.25) is 0 Å². The van der Waals surface area contributed by atoms with E-state index in [2.05, 4.69) is 0 Å².